The minimum Gasteiger partial charge on any atom is -0.361 e. The van der Waals surface area contributed by atoms with Crippen molar-refractivity contribution in [2.75, 3.05) is 26.2 Å². The first-order chi connectivity index (χ1) is 8.81. The Kier molecular flexibility index (Phi) is 4.74. The van der Waals surface area contributed by atoms with Gasteiger partial charge in [-0.1, -0.05) is 11.8 Å². The van der Waals surface area contributed by atoms with Crippen molar-refractivity contribution in [2.24, 2.45) is 5.73 Å². The van der Waals surface area contributed by atoms with Crippen LogP contribution in [0.15, 0.2) is 12.1 Å². The van der Waals surface area contributed by atoms with Crippen LogP contribution in [0.4, 0.5) is 0 Å². The van der Waals surface area contributed by atoms with Gasteiger partial charge >= 0.3 is 0 Å². The standard InChI is InChI=1S/C13H15N3OS/c14-5-1-2-12-3-4-13(18-12)10-16-6-7-17-11(8-15)9-16/h3-4,11H,5-7,9-10,14H2. The minimum atomic E-state index is -0.296. The average molecular weight is 261 g/mol. The van der Waals surface area contributed by atoms with Gasteiger partial charge in [-0.3, -0.25) is 4.90 Å². The van der Waals surface area contributed by atoms with Crippen molar-refractivity contribution in [1.82, 2.24) is 4.90 Å². The quantitative estimate of drug-likeness (QED) is 0.799. The van der Waals surface area contributed by atoms with E-state index in [1.54, 1.807) is 11.3 Å². The number of rotatable bonds is 2. The Hall–Kier alpha value is -1.37. The summed E-state index contributed by atoms with van der Waals surface area (Å²) >= 11 is 1.68. The lowest BCUT2D eigenvalue weighted by atomic mass is 10.3. The highest BCUT2D eigenvalue weighted by molar-refractivity contribution is 7.12. The Morgan fingerprint density at radius 2 is 2.44 bits per heavy atom. The summed E-state index contributed by atoms with van der Waals surface area (Å²) in [5.41, 5.74) is 5.34. The predicted octanol–water partition coefficient (Wildman–Crippen LogP) is 0.783. The van der Waals surface area contributed by atoms with Crippen LogP contribution in [0.25, 0.3) is 0 Å². The molecule has 0 bridgehead atoms. The maximum atomic E-state index is 8.85. The molecule has 1 unspecified atom stereocenters. The second kappa shape index (κ2) is 6.53. The lowest BCUT2D eigenvalue weighted by molar-refractivity contribution is -0.00232. The molecule has 4 nitrogen and oxygen atoms in total. The van der Waals surface area contributed by atoms with E-state index in [-0.39, 0.29) is 6.10 Å². The summed E-state index contributed by atoms with van der Waals surface area (Å²) in [6.07, 6.45) is -0.296. The molecule has 94 valence electrons. The van der Waals surface area contributed by atoms with Crippen molar-refractivity contribution in [3.8, 4) is 17.9 Å². The Labute approximate surface area is 111 Å². The monoisotopic (exact) mass is 261 g/mol. The summed E-state index contributed by atoms with van der Waals surface area (Å²) in [6, 6.07) is 6.26. The summed E-state index contributed by atoms with van der Waals surface area (Å²) in [6.45, 7) is 3.43. The maximum Gasteiger partial charge on any atom is 0.156 e. The van der Waals surface area contributed by atoms with Crippen LogP contribution < -0.4 is 5.73 Å². The second-order valence-electron chi connectivity index (χ2n) is 4.00. The van der Waals surface area contributed by atoms with E-state index in [0.717, 1.165) is 18.0 Å². The maximum absolute atomic E-state index is 8.85. The number of hydrogen-bond acceptors (Lipinski definition) is 5. The van der Waals surface area contributed by atoms with Crippen LogP contribution in [-0.2, 0) is 11.3 Å². The molecule has 1 aromatic heterocycles. The highest BCUT2D eigenvalue weighted by atomic mass is 32.1. The van der Waals surface area contributed by atoms with E-state index < -0.39 is 0 Å². The Morgan fingerprint density at radius 3 is 3.22 bits per heavy atom. The zero-order valence-electron chi connectivity index (χ0n) is 10.1. The third-order valence-corrected chi connectivity index (χ3v) is 3.63. The first-order valence-electron chi connectivity index (χ1n) is 5.83. The van der Waals surface area contributed by atoms with E-state index in [0.29, 0.717) is 19.7 Å². The predicted molar refractivity (Wildman–Crippen MR) is 70.9 cm³/mol. The molecule has 0 aliphatic carbocycles. The second-order valence-corrected chi connectivity index (χ2v) is 5.16. The van der Waals surface area contributed by atoms with Crippen LogP contribution in [0.1, 0.15) is 9.75 Å². The molecular weight excluding hydrogens is 246 g/mol. The largest absolute Gasteiger partial charge is 0.361 e. The molecule has 5 heteroatoms. The fraction of sp³-hybridized carbons (Fsp3) is 0.462. The summed E-state index contributed by atoms with van der Waals surface area (Å²) in [4.78, 5) is 4.54. The van der Waals surface area contributed by atoms with Gasteiger partial charge in [-0.2, -0.15) is 5.26 Å². The van der Waals surface area contributed by atoms with Crippen LogP contribution >= 0.6 is 11.3 Å². The summed E-state index contributed by atoms with van der Waals surface area (Å²) < 4.78 is 5.32. The number of ether oxygens (including phenoxy) is 1. The fourth-order valence-corrected chi connectivity index (χ4v) is 2.74. The zero-order valence-corrected chi connectivity index (χ0v) is 10.9. The van der Waals surface area contributed by atoms with Crippen molar-refractivity contribution in [2.45, 2.75) is 12.6 Å². The molecule has 0 radical (unpaired) electrons. The molecule has 1 aliphatic heterocycles. The first-order valence-corrected chi connectivity index (χ1v) is 6.64. The van der Waals surface area contributed by atoms with E-state index in [1.807, 2.05) is 6.07 Å². The number of thiophene rings is 1. The molecule has 1 atom stereocenters. The van der Waals surface area contributed by atoms with Crippen molar-refractivity contribution in [3.05, 3.63) is 21.9 Å². The van der Waals surface area contributed by atoms with Gasteiger partial charge in [0.2, 0.25) is 0 Å². The Balaban J connectivity index is 1.93. The lowest BCUT2D eigenvalue weighted by Gasteiger charge is -2.29. The van der Waals surface area contributed by atoms with Gasteiger partial charge in [0.25, 0.3) is 0 Å². The summed E-state index contributed by atoms with van der Waals surface area (Å²) in [5, 5.41) is 8.85. The van der Waals surface area contributed by atoms with Gasteiger partial charge < -0.3 is 10.5 Å². The van der Waals surface area contributed by atoms with E-state index in [1.165, 1.54) is 4.88 Å². The van der Waals surface area contributed by atoms with Gasteiger partial charge in [-0.05, 0) is 12.1 Å². The van der Waals surface area contributed by atoms with Crippen molar-refractivity contribution >= 4 is 11.3 Å². The van der Waals surface area contributed by atoms with Gasteiger partial charge in [0.15, 0.2) is 6.10 Å². The molecule has 2 heterocycles. The molecule has 1 fully saturated rings. The Morgan fingerprint density at radius 1 is 1.56 bits per heavy atom. The SMILES string of the molecule is N#CC1CN(Cc2ccc(C#CCN)s2)CCO1. The van der Waals surface area contributed by atoms with Crippen molar-refractivity contribution < 1.29 is 4.74 Å². The molecule has 0 amide bonds. The molecule has 0 saturated carbocycles. The number of nitriles is 1. The highest BCUT2D eigenvalue weighted by Gasteiger charge is 2.20. The smallest absolute Gasteiger partial charge is 0.156 e. The van der Waals surface area contributed by atoms with Crippen LogP contribution in [0.2, 0.25) is 0 Å². The van der Waals surface area contributed by atoms with E-state index in [4.69, 9.17) is 15.7 Å². The third kappa shape index (κ3) is 3.56. The summed E-state index contributed by atoms with van der Waals surface area (Å²) in [7, 11) is 0. The fourth-order valence-electron chi connectivity index (χ4n) is 1.81. The van der Waals surface area contributed by atoms with Gasteiger partial charge in [-0.15, -0.1) is 11.3 Å². The van der Waals surface area contributed by atoms with Gasteiger partial charge in [-0.25, -0.2) is 0 Å². The number of nitrogens with zero attached hydrogens (tertiary/aromatic N) is 2. The van der Waals surface area contributed by atoms with Gasteiger partial charge in [0.05, 0.1) is 24.1 Å². The molecule has 0 aromatic carbocycles. The molecule has 1 aromatic rings. The van der Waals surface area contributed by atoms with Gasteiger partial charge in [0, 0.05) is 24.5 Å². The molecule has 2 N–H and O–H groups in total. The van der Waals surface area contributed by atoms with Crippen LogP contribution in [0, 0.1) is 23.2 Å². The first kappa shape index (κ1) is 13.1. The number of morpholine rings is 1. The van der Waals surface area contributed by atoms with Crippen LogP contribution in [-0.4, -0.2) is 37.2 Å². The van der Waals surface area contributed by atoms with Crippen molar-refractivity contribution in [1.29, 1.82) is 5.26 Å². The summed E-state index contributed by atoms with van der Waals surface area (Å²) in [5.74, 6) is 5.88. The molecular formula is C13H15N3OS. The van der Waals surface area contributed by atoms with E-state index in [9.17, 15) is 0 Å². The molecule has 18 heavy (non-hydrogen) atoms. The highest BCUT2D eigenvalue weighted by Crippen LogP contribution is 2.18. The molecule has 2 rings (SSSR count). The Bertz CT molecular complexity index is 494. The van der Waals surface area contributed by atoms with E-state index >= 15 is 0 Å². The number of nitrogens with two attached hydrogens (primary N) is 1. The zero-order chi connectivity index (χ0) is 12.8. The van der Waals surface area contributed by atoms with Crippen LogP contribution in [0.5, 0.6) is 0 Å². The minimum absolute atomic E-state index is 0.296. The topological polar surface area (TPSA) is 62.3 Å². The third-order valence-electron chi connectivity index (χ3n) is 2.65. The van der Waals surface area contributed by atoms with Crippen LogP contribution in [0.3, 0.4) is 0 Å². The number of hydrogen-bond donors (Lipinski definition) is 1. The van der Waals surface area contributed by atoms with Gasteiger partial charge in [0.1, 0.15) is 0 Å². The average Bonchev–Trinajstić information content (AvgIpc) is 2.84. The normalized spacial score (nSPS) is 19.9. The molecule has 0 spiro atoms. The van der Waals surface area contributed by atoms with E-state index in [2.05, 4.69) is 28.9 Å². The van der Waals surface area contributed by atoms with Crippen molar-refractivity contribution in [3.63, 3.8) is 0 Å². The molecule has 1 aliphatic rings. The molecule has 1 saturated heterocycles. The lowest BCUT2D eigenvalue weighted by Crippen LogP contribution is -2.41.